The number of benzene rings is 2. The lowest BCUT2D eigenvalue weighted by Crippen LogP contribution is -2.46. The van der Waals surface area contributed by atoms with Crippen LogP contribution >= 0.6 is 0 Å². The van der Waals surface area contributed by atoms with Gasteiger partial charge >= 0.3 is 0 Å². The summed E-state index contributed by atoms with van der Waals surface area (Å²) in [5.41, 5.74) is 3.94. The summed E-state index contributed by atoms with van der Waals surface area (Å²) in [5, 5.41) is 0. The number of anilines is 1. The number of fused-ring (bicyclic) bond motifs is 1. The van der Waals surface area contributed by atoms with Crippen LogP contribution in [0.4, 0.5) is 5.82 Å². The van der Waals surface area contributed by atoms with Gasteiger partial charge in [0.1, 0.15) is 5.82 Å². The highest BCUT2D eigenvalue weighted by Gasteiger charge is 2.33. The van der Waals surface area contributed by atoms with Gasteiger partial charge in [-0.15, -0.1) is 0 Å². The van der Waals surface area contributed by atoms with Gasteiger partial charge in [0.25, 0.3) is 0 Å². The molecule has 190 valence electrons. The van der Waals surface area contributed by atoms with E-state index in [0.717, 1.165) is 54.4 Å². The molecule has 0 spiro atoms. The standard InChI is InChI=1S/C28H35N5O2S/c1-28(2,3)22-10-12-23(13-11-22)36(34,35)33-15-14-25-24(20-33)27(32-18-16-31(4)17-19-32)30-26(29-25)21-8-6-5-7-9-21/h5-13H,14-20H2,1-4H3. The molecule has 1 fully saturated rings. The number of aromatic nitrogens is 2. The fraction of sp³-hybridized carbons (Fsp3) is 0.429. The zero-order chi connectivity index (χ0) is 25.5. The second-order valence-electron chi connectivity index (χ2n) is 10.8. The Morgan fingerprint density at radius 1 is 0.833 bits per heavy atom. The van der Waals surface area contributed by atoms with Crippen LogP contribution in [0.2, 0.25) is 0 Å². The molecule has 0 aliphatic carbocycles. The molecule has 0 unspecified atom stereocenters. The third-order valence-corrected chi connectivity index (χ3v) is 9.06. The lowest BCUT2D eigenvalue weighted by Gasteiger charge is -2.36. The highest BCUT2D eigenvalue weighted by atomic mass is 32.2. The van der Waals surface area contributed by atoms with Crippen molar-refractivity contribution in [1.29, 1.82) is 0 Å². The zero-order valence-corrected chi connectivity index (χ0v) is 22.4. The molecule has 1 aromatic heterocycles. The molecule has 0 N–H and O–H groups in total. The molecule has 5 rings (SSSR count). The second-order valence-corrected chi connectivity index (χ2v) is 12.8. The lowest BCUT2D eigenvalue weighted by molar-refractivity contribution is 0.310. The maximum absolute atomic E-state index is 13.6. The van der Waals surface area contributed by atoms with Crippen molar-refractivity contribution in [2.75, 3.05) is 44.7 Å². The van der Waals surface area contributed by atoms with Gasteiger partial charge in [-0.3, -0.25) is 0 Å². The molecule has 0 bridgehead atoms. The Bertz CT molecular complexity index is 1330. The molecule has 36 heavy (non-hydrogen) atoms. The van der Waals surface area contributed by atoms with Crippen molar-refractivity contribution in [2.24, 2.45) is 0 Å². The fourth-order valence-corrected chi connectivity index (χ4v) is 6.26. The van der Waals surface area contributed by atoms with Gasteiger partial charge in [0.15, 0.2) is 5.82 Å². The van der Waals surface area contributed by atoms with Crippen LogP contribution < -0.4 is 4.90 Å². The maximum atomic E-state index is 13.6. The normalized spacial score (nSPS) is 17.7. The van der Waals surface area contributed by atoms with E-state index in [9.17, 15) is 8.42 Å². The van der Waals surface area contributed by atoms with E-state index in [1.807, 2.05) is 42.5 Å². The van der Waals surface area contributed by atoms with Crippen molar-refractivity contribution < 1.29 is 8.42 Å². The van der Waals surface area contributed by atoms with E-state index in [4.69, 9.17) is 9.97 Å². The first-order chi connectivity index (χ1) is 17.1. The average molecular weight is 506 g/mol. The number of rotatable bonds is 4. The third kappa shape index (κ3) is 4.90. The first-order valence-electron chi connectivity index (χ1n) is 12.6. The number of hydrogen-bond donors (Lipinski definition) is 0. The minimum absolute atomic E-state index is 0.0302. The van der Waals surface area contributed by atoms with Gasteiger partial charge in [-0.1, -0.05) is 63.2 Å². The predicted octanol–water partition coefficient (Wildman–Crippen LogP) is 3.94. The number of nitrogens with zero attached hydrogens (tertiary/aromatic N) is 5. The Kier molecular flexibility index (Phi) is 6.61. The second kappa shape index (κ2) is 9.57. The molecule has 0 radical (unpaired) electrons. The highest BCUT2D eigenvalue weighted by molar-refractivity contribution is 7.89. The largest absolute Gasteiger partial charge is 0.354 e. The topological polar surface area (TPSA) is 69.6 Å². The van der Waals surface area contributed by atoms with Crippen molar-refractivity contribution in [2.45, 2.75) is 44.0 Å². The maximum Gasteiger partial charge on any atom is 0.243 e. The van der Waals surface area contributed by atoms with Crippen LogP contribution in [0.1, 0.15) is 37.6 Å². The lowest BCUT2D eigenvalue weighted by atomic mass is 9.87. The summed E-state index contributed by atoms with van der Waals surface area (Å²) in [6, 6.07) is 17.3. The Morgan fingerprint density at radius 3 is 2.14 bits per heavy atom. The molecule has 7 nitrogen and oxygen atoms in total. The summed E-state index contributed by atoms with van der Waals surface area (Å²) in [4.78, 5) is 14.9. The minimum Gasteiger partial charge on any atom is -0.354 e. The average Bonchev–Trinajstić information content (AvgIpc) is 2.88. The van der Waals surface area contributed by atoms with Gasteiger partial charge in [0, 0.05) is 56.8 Å². The van der Waals surface area contributed by atoms with E-state index >= 15 is 0 Å². The number of hydrogen-bond acceptors (Lipinski definition) is 6. The quantitative estimate of drug-likeness (QED) is 0.535. The van der Waals surface area contributed by atoms with E-state index in [1.165, 1.54) is 0 Å². The monoisotopic (exact) mass is 505 g/mol. The van der Waals surface area contributed by atoms with Crippen molar-refractivity contribution in [1.82, 2.24) is 19.2 Å². The highest BCUT2D eigenvalue weighted by Crippen LogP contribution is 2.33. The van der Waals surface area contributed by atoms with Crippen molar-refractivity contribution in [3.8, 4) is 11.4 Å². The van der Waals surface area contributed by atoms with Gasteiger partial charge < -0.3 is 9.80 Å². The first-order valence-corrected chi connectivity index (χ1v) is 14.1. The summed E-state index contributed by atoms with van der Waals surface area (Å²) in [6.07, 6.45) is 0.567. The fourth-order valence-electron chi connectivity index (χ4n) is 4.85. The van der Waals surface area contributed by atoms with Crippen molar-refractivity contribution in [3.05, 3.63) is 71.4 Å². The summed E-state index contributed by atoms with van der Waals surface area (Å²) in [5.74, 6) is 1.58. The molecule has 3 heterocycles. The van der Waals surface area contributed by atoms with Gasteiger partial charge in [-0.05, 0) is 30.2 Å². The molecule has 0 atom stereocenters. The molecule has 2 aliphatic rings. The van der Waals surface area contributed by atoms with Crippen molar-refractivity contribution in [3.63, 3.8) is 0 Å². The number of likely N-dealkylation sites (N-methyl/N-ethyl adjacent to an activating group) is 1. The Labute approximate surface area is 214 Å². The van der Waals surface area contributed by atoms with Crippen LogP contribution in [-0.4, -0.2) is 67.4 Å². The molecule has 3 aromatic rings. The Morgan fingerprint density at radius 2 is 1.50 bits per heavy atom. The van der Waals surface area contributed by atoms with Gasteiger partial charge in [0.05, 0.1) is 10.6 Å². The Balaban J connectivity index is 1.50. The molecule has 2 aromatic carbocycles. The molecule has 1 saturated heterocycles. The van der Waals surface area contributed by atoms with E-state index in [2.05, 4.69) is 37.6 Å². The van der Waals surface area contributed by atoms with Gasteiger partial charge in [-0.25, -0.2) is 18.4 Å². The van der Waals surface area contributed by atoms with E-state index < -0.39 is 10.0 Å². The predicted molar refractivity (Wildman–Crippen MR) is 144 cm³/mol. The molecular formula is C28H35N5O2S. The molecular weight excluding hydrogens is 470 g/mol. The van der Waals surface area contributed by atoms with E-state index in [1.54, 1.807) is 16.4 Å². The van der Waals surface area contributed by atoms with Crippen LogP contribution in [0.3, 0.4) is 0 Å². The molecule has 0 amide bonds. The summed E-state index contributed by atoms with van der Waals surface area (Å²) in [7, 11) is -1.51. The summed E-state index contributed by atoms with van der Waals surface area (Å²) < 4.78 is 28.9. The van der Waals surface area contributed by atoms with E-state index in [0.29, 0.717) is 23.7 Å². The summed E-state index contributed by atoms with van der Waals surface area (Å²) >= 11 is 0. The SMILES string of the molecule is CN1CCN(c2nc(-c3ccccc3)nc3c2CN(S(=O)(=O)c2ccc(C(C)(C)C)cc2)CC3)CC1. The molecule has 2 aliphatic heterocycles. The smallest absolute Gasteiger partial charge is 0.243 e. The summed E-state index contributed by atoms with van der Waals surface area (Å²) in [6.45, 7) is 10.7. The van der Waals surface area contributed by atoms with E-state index in [-0.39, 0.29) is 12.0 Å². The zero-order valence-electron chi connectivity index (χ0n) is 21.6. The van der Waals surface area contributed by atoms with Crippen LogP contribution in [0.5, 0.6) is 0 Å². The van der Waals surface area contributed by atoms with Gasteiger partial charge in [-0.2, -0.15) is 4.31 Å². The van der Waals surface area contributed by atoms with Gasteiger partial charge in [0.2, 0.25) is 10.0 Å². The molecule has 8 heteroatoms. The van der Waals surface area contributed by atoms with Crippen LogP contribution in [0.15, 0.2) is 59.5 Å². The number of sulfonamides is 1. The number of piperazine rings is 1. The van der Waals surface area contributed by atoms with Crippen LogP contribution in [0.25, 0.3) is 11.4 Å². The minimum atomic E-state index is -3.63. The Hall–Kier alpha value is -2.81. The van der Waals surface area contributed by atoms with Crippen LogP contribution in [-0.2, 0) is 28.4 Å². The third-order valence-electron chi connectivity index (χ3n) is 7.20. The molecule has 0 saturated carbocycles. The first kappa shape index (κ1) is 24.9. The van der Waals surface area contributed by atoms with Crippen molar-refractivity contribution >= 4 is 15.8 Å². The van der Waals surface area contributed by atoms with Crippen LogP contribution in [0, 0.1) is 0 Å².